The quantitative estimate of drug-likeness (QED) is 0.805. The molecule has 3 heteroatoms. The van der Waals surface area contributed by atoms with Crippen molar-refractivity contribution in [1.82, 2.24) is 5.32 Å². The van der Waals surface area contributed by atoms with Crippen LogP contribution in [0.15, 0.2) is 24.3 Å². The number of aliphatic hydroxyl groups excluding tert-OH is 1. The average molecular weight is 214 g/mol. The molecule has 78 valence electrons. The van der Waals surface area contributed by atoms with Crippen molar-refractivity contribution in [3.05, 3.63) is 34.9 Å². The van der Waals surface area contributed by atoms with Crippen molar-refractivity contribution in [3.63, 3.8) is 0 Å². The van der Waals surface area contributed by atoms with Gasteiger partial charge in [-0.05, 0) is 31.2 Å². The van der Waals surface area contributed by atoms with Crippen molar-refractivity contribution in [2.75, 3.05) is 6.54 Å². The molecular formula is C11H16ClNO. The van der Waals surface area contributed by atoms with E-state index in [4.69, 9.17) is 11.6 Å². The minimum atomic E-state index is -0.479. The second-order valence-corrected chi connectivity index (χ2v) is 3.78. The molecule has 0 aromatic heterocycles. The first-order chi connectivity index (χ1) is 6.65. The molecule has 0 saturated heterocycles. The molecule has 2 atom stereocenters. The van der Waals surface area contributed by atoms with Gasteiger partial charge in [-0.2, -0.15) is 0 Å². The maximum atomic E-state index is 9.91. The zero-order valence-electron chi connectivity index (χ0n) is 8.50. The monoisotopic (exact) mass is 213 g/mol. The van der Waals surface area contributed by atoms with Gasteiger partial charge in [0.25, 0.3) is 0 Å². The lowest BCUT2D eigenvalue weighted by Gasteiger charge is -2.19. The van der Waals surface area contributed by atoms with E-state index in [2.05, 4.69) is 5.32 Å². The summed E-state index contributed by atoms with van der Waals surface area (Å²) in [5.74, 6) is 0. The van der Waals surface area contributed by atoms with E-state index in [9.17, 15) is 5.11 Å². The minimum absolute atomic E-state index is 0.0566. The molecule has 2 unspecified atom stereocenters. The SMILES string of the molecule is CCNC(C)C(O)c1ccc(Cl)cc1. The van der Waals surface area contributed by atoms with E-state index in [0.717, 1.165) is 12.1 Å². The number of halogens is 1. The number of benzene rings is 1. The molecule has 0 saturated carbocycles. The van der Waals surface area contributed by atoms with Gasteiger partial charge < -0.3 is 10.4 Å². The molecule has 0 bridgehead atoms. The fraction of sp³-hybridized carbons (Fsp3) is 0.455. The van der Waals surface area contributed by atoms with Crippen molar-refractivity contribution in [3.8, 4) is 0 Å². The van der Waals surface area contributed by atoms with Gasteiger partial charge in [-0.1, -0.05) is 30.7 Å². The minimum Gasteiger partial charge on any atom is -0.387 e. The maximum Gasteiger partial charge on any atom is 0.0940 e. The molecule has 0 aliphatic heterocycles. The Bertz CT molecular complexity index is 273. The van der Waals surface area contributed by atoms with Gasteiger partial charge in [-0.25, -0.2) is 0 Å². The van der Waals surface area contributed by atoms with Crippen LogP contribution >= 0.6 is 11.6 Å². The highest BCUT2D eigenvalue weighted by Crippen LogP contribution is 2.18. The van der Waals surface area contributed by atoms with Gasteiger partial charge in [0.15, 0.2) is 0 Å². The van der Waals surface area contributed by atoms with Crippen molar-refractivity contribution < 1.29 is 5.11 Å². The fourth-order valence-electron chi connectivity index (χ4n) is 1.38. The van der Waals surface area contributed by atoms with Crippen LogP contribution in [0.5, 0.6) is 0 Å². The topological polar surface area (TPSA) is 32.3 Å². The first-order valence-corrected chi connectivity index (χ1v) is 5.20. The van der Waals surface area contributed by atoms with Crippen LogP contribution in [-0.2, 0) is 0 Å². The van der Waals surface area contributed by atoms with Gasteiger partial charge in [0.05, 0.1) is 6.10 Å². The summed E-state index contributed by atoms with van der Waals surface area (Å²) >= 11 is 5.76. The highest BCUT2D eigenvalue weighted by Gasteiger charge is 2.14. The Hall–Kier alpha value is -0.570. The third kappa shape index (κ3) is 2.98. The van der Waals surface area contributed by atoms with Crippen molar-refractivity contribution >= 4 is 11.6 Å². The third-order valence-electron chi connectivity index (χ3n) is 2.21. The van der Waals surface area contributed by atoms with Crippen LogP contribution < -0.4 is 5.32 Å². The smallest absolute Gasteiger partial charge is 0.0940 e. The highest BCUT2D eigenvalue weighted by atomic mass is 35.5. The van der Waals surface area contributed by atoms with Gasteiger partial charge in [-0.3, -0.25) is 0 Å². The molecule has 0 amide bonds. The number of hydrogen-bond donors (Lipinski definition) is 2. The van der Waals surface area contributed by atoms with Crippen LogP contribution in [-0.4, -0.2) is 17.7 Å². The van der Waals surface area contributed by atoms with Gasteiger partial charge in [0.2, 0.25) is 0 Å². The van der Waals surface area contributed by atoms with Crippen molar-refractivity contribution in [2.24, 2.45) is 0 Å². The first kappa shape index (κ1) is 11.5. The largest absolute Gasteiger partial charge is 0.387 e. The Labute approximate surface area is 89.9 Å². The molecule has 2 nitrogen and oxygen atoms in total. The molecule has 0 radical (unpaired) electrons. The lowest BCUT2D eigenvalue weighted by atomic mass is 10.0. The van der Waals surface area contributed by atoms with Crippen LogP contribution in [0, 0.1) is 0 Å². The molecular weight excluding hydrogens is 198 g/mol. The molecule has 1 rings (SSSR count). The number of nitrogens with one attached hydrogen (secondary N) is 1. The van der Waals surface area contributed by atoms with E-state index >= 15 is 0 Å². The van der Waals surface area contributed by atoms with Crippen LogP contribution in [0.2, 0.25) is 5.02 Å². The number of hydrogen-bond acceptors (Lipinski definition) is 2. The molecule has 2 N–H and O–H groups in total. The average Bonchev–Trinajstić information content (AvgIpc) is 2.18. The standard InChI is InChI=1S/C11H16ClNO/c1-3-13-8(2)11(14)9-4-6-10(12)7-5-9/h4-8,11,13-14H,3H2,1-2H3. The second-order valence-electron chi connectivity index (χ2n) is 3.34. The van der Waals surface area contributed by atoms with E-state index in [1.54, 1.807) is 12.1 Å². The summed E-state index contributed by atoms with van der Waals surface area (Å²) in [4.78, 5) is 0. The predicted octanol–water partition coefficient (Wildman–Crippen LogP) is 2.37. The van der Waals surface area contributed by atoms with Gasteiger partial charge in [0, 0.05) is 11.1 Å². The van der Waals surface area contributed by atoms with E-state index < -0.39 is 6.10 Å². The fourth-order valence-corrected chi connectivity index (χ4v) is 1.51. The van der Waals surface area contributed by atoms with Crippen LogP contribution in [0.1, 0.15) is 25.5 Å². The first-order valence-electron chi connectivity index (χ1n) is 4.82. The summed E-state index contributed by atoms with van der Waals surface area (Å²) in [5.41, 5.74) is 0.892. The second kappa shape index (κ2) is 5.35. The summed E-state index contributed by atoms with van der Waals surface area (Å²) < 4.78 is 0. The molecule has 0 aliphatic carbocycles. The lowest BCUT2D eigenvalue weighted by Crippen LogP contribution is -2.31. The Morgan fingerprint density at radius 2 is 1.93 bits per heavy atom. The summed E-state index contributed by atoms with van der Waals surface area (Å²) in [6, 6.07) is 7.33. The van der Waals surface area contributed by atoms with Crippen LogP contribution in [0.3, 0.4) is 0 Å². The molecule has 0 aliphatic rings. The Morgan fingerprint density at radius 1 is 1.36 bits per heavy atom. The van der Waals surface area contributed by atoms with Crippen molar-refractivity contribution in [2.45, 2.75) is 26.0 Å². The van der Waals surface area contributed by atoms with E-state index in [1.807, 2.05) is 26.0 Å². The predicted molar refractivity (Wildman–Crippen MR) is 59.6 cm³/mol. The number of rotatable bonds is 4. The van der Waals surface area contributed by atoms with E-state index in [1.165, 1.54) is 0 Å². The molecule has 0 fully saturated rings. The molecule has 1 aromatic rings. The van der Waals surface area contributed by atoms with Crippen molar-refractivity contribution in [1.29, 1.82) is 0 Å². The number of aliphatic hydroxyl groups is 1. The lowest BCUT2D eigenvalue weighted by molar-refractivity contribution is 0.137. The number of likely N-dealkylation sites (N-methyl/N-ethyl adjacent to an activating group) is 1. The summed E-state index contributed by atoms with van der Waals surface area (Å²) in [7, 11) is 0. The summed E-state index contributed by atoms with van der Waals surface area (Å²) in [6.07, 6.45) is -0.479. The Kier molecular flexibility index (Phi) is 4.39. The summed E-state index contributed by atoms with van der Waals surface area (Å²) in [6.45, 7) is 4.83. The van der Waals surface area contributed by atoms with Gasteiger partial charge in [0.1, 0.15) is 0 Å². The van der Waals surface area contributed by atoms with Crippen LogP contribution in [0.4, 0.5) is 0 Å². The van der Waals surface area contributed by atoms with Crippen LogP contribution in [0.25, 0.3) is 0 Å². The Morgan fingerprint density at radius 3 is 2.43 bits per heavy atom. The highest BCUT2D eigenvalue weighted by molar-refractivity contribution is 6.30. The van der Waals surface area contributed by atoms with E-state index in [0.29, 0.717) is 5.02 Å². The Balaban J connectivity index is 2.68. The summed E-state index contributed by atoms with van der Waals surface area (Å²) in [5, 5.41) is 13.8. The molecule has 0 spiro atoms. The molecule has 0 heterocycles. The maximum absolute atomic E-state index is 9.91. The molecule has 1 aromatic carbocycles. The normalized spacial score (nSPS) is 15.1. The zero-order chi connectivity index (χ0) is 10.6. The molecule has 14 heavy (non-hydrogen) atoms. The van der Waals surface area contributed by atoms with E-state index in [-0.39, 0.29) is 6.04 Å². The third-order valence-corrected chi connectivity index (χ3v) is 2.46. The zero-order valence-corrected chi connectivity index (χ0v) is 9.25. The van der Waals surface area contributed by atoms with Gasteiger partial charge >= 0.3 is 0 Å². The van der Waals surface area contributed by atoms with Gasteiger partial charge in [-0.15, -0.1) is 0 Å².